The third-order valence-corrected chi connectivity index (χ3v) is 3.28. The van der Waals surface area contributed by atoms with E-state index in [1.54, 1.807) is 0 Å². The van der Waals surface area contributed by atoms with Crippen molar-refractivity contribution in [3.05, 3.63) is 24.3 Å². The van der Waals surface area contributed by atoms with Gasteiger partial charge in [-0.2, -0.15) is 0 Å². The van der Waals surface area contributed by atoms with Gasteiger partial charge in [0.15, 0.2) is 0 Å². The highest BCUT2D eigenvalue weighted by molar-refractivity contribution is 5.92. The molecule has 1 aromatic heterocycles. The van der Waals surface area contributed by atoms with Crippen molar-refractivity contribution in [2.75, 3.05) is 19.8 Å². The van der Waals surface area contributed by atoms with Crippen LogP contribution in [0.4, 0.5) is 0 Å². The Morgan fingerprint density at radius 1 is 1.45 bits per heavy atom. The van der Waals surface area contributed by atoms with Gasteiger partial charge in [-0.25, -0.2) is 4.98 Å². The van der Waals surface area contributed by atoms with Crippen molar-refractivity contribution in [2.24, 2.45) is 5.92 Å². The summed E-state index contributed by atoms with van der Waals surface area (Å²) in [7, 11) is 0. The standard InChI is InChI=1S/C13H17N3O4/c1-2-5-16(11-8-20-7-9(11)13(18)19)12(17)10-6-14-3-4-15-10/h3-4,6,9,11H,2,5,7-8H2,1H3,(H,18,19). The maximum absolute atomic E-state index is 12.5. The van der Waals surface area contributed by atoms with Gasteiger partial charge in [-0.15, -0.1) is 0 Å². The summed E-state index contributed by atoms with van der Waals surface area (Å²) in [5.41, 5.74) is 0.219. The smallest absolute Gasteiger partial charge is 0.311 e. The van der Waals surface area contributed by atoms with Crippen molar-refractivity contribution in [3.8, 4) is 0 Å². The number of carbonyl (C=O) groups excluding carboxylic acids is 1. The molecule has 0 aliphatic carbocycles. The maximum atomic E-state index is 12.5. The van der Waals surface area contributed by atoms with Gasteiger partial charge in [0.2, 0.25) is 0 Å². The summed E-state index contributed by atoms with van der Waals surface area (Å²) in [6.07, 6.45) is 5.04. The van der Waals surface area contributed by atoms with Gasteiger partial charge in [0, 0.05) is 18.9 Å². The van der Waals surface area contributed by atoms with Crippen molar-refractivity contribution >= 4 is 11.9 Å². The molecular formula is C13H17N3O4. The third-order valence-electron chi connectivity index (χ3n) is 3.28. The molecule has 2 unspecified atom stereocenters. The molecule has 0 bridgehead atoms. The van der Waals surface area contributed by atoms with Gasteiger partial charge in [0.05, 0.1) is 25.5 Å². The van der Waals surface area contributed by atoms with Crippen molar-refractivity contribution in [2.45, 2.75) is 19.4 Å². The molecule has 1 fully saturated rings. The molecule has 1 N–H and O–H groups in total. The number of carboxylic acid groups (broad SMARTS) is 1. The number of ether oxygens (including phenoxy) is 1. The van der Waals surface area contributed by atoms with E-state index in [0.29, 0.717) is 6.54 Å². The van der Waals surface area contributed by atoms with Crippen LogP contribution >= 0.6 is 0 Å². The van der Waals surface area contributed by atoms with Gasteiger partial charge in [-0.1, -0.05) is 6.92 Å². The molecule has 1 aliphatic heterocycles. The number of hydrogen-bond acceptors (Lipinski definition) is 5. The van der Waals surface area contributed by atoms with Crippen LogP contribution in [0.5, 0.6) is 0 Å². The predicted molar refractivity (Wildman–Crippen MR) is 69.1 cm³/mol. The van der Waals surface area contributed by atoms with Crippen LogP contribution in [0.25, 0.3) is 0 Å². The second-order valence-corrected chi connectivity index (χ2v) is 4.64. The van der Waals surface area contributed by atoms with Crippen LogP contribution < -0.4 is 0 Å². The van der Waals surface area contributed by atoms with E-state index in [-0.39, 0.29) is 24.8 Å². The van der Waals surface area contributed by atoms with E-state index < -0.39 is 17.9 Å². The first-order valence-electron chi connectivity index (χ1n) is 6.52. The number of aromatic nitrogens is 2. The van der Waals surface area contributed by atoms with Crippen molar-refractivity contribution in [3.63, 3.8) is 0 Å². The molecule has 7 nitrogen and oxygen atoms in total. The zero-order chi connectivity index (χ0) is 14.5. The maximum Gasteiger partial charge on any atom is 0.311 e. The normalized spacial score (nSPS) is 21.6. The highest BCUT2D eigenvalue weighted by Gasteiger charge is 2.40. The van der Waals surface area contributed by atoms with Crippen molar-refractivity contribution in [1.82, 2.24) is 14.9 Å². The zero-order valence-corrected chi connectivity index (χ0v) is 11.2. The van der Waals surface area contributed by atoms with Gasteiger partial charge >= 0.3 is 5.97 Å². The number of aliphatic carboxylic acids is 1. The van der Waals surface area contributed by atoms with Crippen molar-refractivity contribution in [1.29, 1.82) is 0 Å². The molecule has 20 heavy (non-hydrogen) atoms. The van der Waals surface area contributed by atoms with E-state index in [1.807, 2.05) is 6.92 Å². The lowest BCUT2D eigenvalue weighted by molar-refractivity contribution is -0.142. The summed E-state index contributed by atoms with van der Waals surface area (Å²) < 4.78 is 5.23. The molecular weight excluding hydrogens is 262 g/mol. The molecule has 7 heteroatoms. The first-order valence-corrected chi connectivity index (χ1v) is 6.52. The fraction of sp³-hybridized carbons (Fsp3) is 0.538. The van der Waals surface area contributed by atoms with Crippen LogP contribution in [-0.4, -0.2) is 57.7 Å². The van der Waals surface area contributed by atoms with Crippen LogP contribution in [0.3, 0.4) is 0 Å². The molecule has 2 rings (SSSR count). The van der Waals surface area contributed by atoms with Crippen LogP contribution in [0.2, 0.25) is 0 Å². The Morgan fingerprint density at radius 2 is 2.25 bits per heavy atom. The minimum atomic E-state index is -0.944. The summed E-state index contributed by atoms with van der Waals surface area (Å²) in [5, 5.41) is 9.21. The zero-order valence-electron chi connectivity index (χ0n) is 11.2. The van der Waals surface area contributed by atoms with Gasteiger partial charge in [0.1, 0.15) is 11.6 Å². The second-order valence-electron chi connectivity index (χ2n) is 4.64. The van der Waals surface area contributed by atoms with E-state index in [9.17, 15) is 14.7 Å². The summed E-state index contributed by atoms with van der Waals surface area (Å²) in [4.78, 5) is 33.1. The quantitative estimate of drug-likeness (QED) is 0.840. The van der Waals surface area contributed by atoms with E-state index in [4.69, 9.17) is 4.74 Å². The molecule has 1 saturated heterocycles. The molecule has 2 heterocycles. The number of hydrogen-bond donors (Lipinski definition) is 1. The third kappa shape index (κ3) is 2.93. The van der Waals surface area contributed by atoms with Gasteiger partial charge in [0.25, 0.3) is 5.91 Å². The van der Waals surface area contributed by atoms with Crippen LogP contribution in [0, 0.1) is 5.92 Å². The van der Waals surface area contributed by atoms with E-state index in [1.165, 1.54) is 23.5 Å². The molecule has 0 saturated carbocycles. The van der Waals surface area contributed by atoms with Crippen LogP contribution in [-0.2, 0) is 9.53 Å². The number of amides is 1. The topological polar surface area (TPSA) is 92.6 Å². The number of rotatable bonds is 5. The monoisotopic (exact) mass is 279 g/mol. The average Bonchev–Trinajstić information content (AvgIpc) is 2.94. The molecule has 1 aliphatic rings. The molecule has 0 spiro atoms. The molecule has 1 aromatic rings. The van der Waals surface area contributed by atoms with Gasteiger partial charge in [-0.05, 0) is 6.42 Å². The number of carboxylic acids is 1. The Labute approximate surface area is 116 Å². The number of nitrogens with zero attached hydrogens (tertiary/aromatic N) is 3. The summed E-state index contributed by atoms with van der Waals surface area (Å²) >= 11 is 0. The molecule has 1 amide bonds. The second kappa shape index (κ2) is 6.42. The lowest BCUT2D eigenvalue weighted by Gasteiger charge is -2.29. The van der Waals surface area contributed by atoms with Crippen molar-refractivity contribution < 1.29 is 19.4 Å². The summed E-state index contributed by atoms with van der Waals surface area (Å²) in [6.45, 7) is 2.77. The number of carbonyl (C=O) groups is 2. The van der Waals surface area contributed by atoms with E-state index in [2.05, 4.69) is 9.97 Å². The minimum Gasteiger partial charge on any atom is -0.481 e. The van der Waals surface area contributed by atoms with Crippen LogP contribution in [0.1, 0.15) is 23.8 Å². The summed E-state index contributed by atoms with van der Waals surface area (Å²) in [5.74, 6) is -1.94. The fourth-order valence-electron chi connectivity index (χ4n) is 2.30. The van der Waals surface area contributed by atoms with Gasteiger partial charge in [-0.3, -0.25) is 14.6 Å². The first kappa shape index (κ1) is 14.4. The molecule has 108 valence electrons. The molecule has 0 radical (unpaired) electrons. The minimum absolute atomic E-state index is 0.133. The SMILES string of the molecule is CCCN(C(=O)c1cnccn1)C1COCC1C(=O)O. The van der Waals surface area contributed by atoms with Gasteiger partial charge < -0.3 is 14.7 Å². The Balaban J connectivity index is 2.22. The van der Waals surface area contributed by atoms with E-state index in [0.717, 1.165) is 6.42 Å². The van der Waals surface area contributed by atoms with E-state index >= 15 is 0 Å². The molecule has 2 atom stereocenters. The Hall–Kier alpha value is -2.02. The Morgan fingerprint density at radius 3 is 2.85 bits per heavy atom. The first-order chi connectivity index (χ1) is 9.65. The highest BCUT2D eigenvalue weighted by atomic mass is 16.5. The Bertz CT molecular complexity index is 480. The van der Waals surface area contributed by atoms with Crippen LogP contribution in [0.15, 0.2) is 18.6 Å². The molecule has 0 aromatic carbocycles. The largest absolute Gasteiger partial charge is 0.481 e. The lowest BCUT2D eigenvalue weighted by atomic mass is 10.0. The summed E-state index contributed by atoms with van der Waals surface area (Å²) in [6, 6.07) is -0.457. The lowest BCUT2D eigenvalue weighted by Crippen LogP contribution is -2.47. The predicted octanol–water partition coefficient (Wildman–Crippen LogP) is 0.428. The Kier molecular flexibility index (Phi) is 4.62. The highest BCUT2D eigenvalue weighted by Crippen LogP contribution is 2.21. The average molecular weight is 279 g/mol. The fourth-order valence-corrected chi connectivity index (χ4v) is 2.30.